The molecule has 0 aromatic carbocycles. The van der Waals surface area contributed by atoms with Crippen molar-refractivity contribution in [3.8, 4) is 0 Å². The molecule has 1 amide bonds. The van der Waals surface area contributed by atoms with E-state index < -0.39 is 0 Å². The lowest BCUT2D eigenvalue weighted by atomic mass is 10.2. The molecule has 4 heteroatoms. The fourth-order valence-electron chi connectivity index (χ4n) is 1.50. The summed E-state index contributed by atoms with van der Waals surface area (Å²) >= 11 is 5.57. The van der Waals surface area contributed by atoms with Crippen molar-refractivity contribution in [2.75, 3.05) is 12.4 Å². The molecule has 0 spiro atoms. The summed E-state index contributed by atoms with van der Waals surface area (Å²) in [4.78, 5) is 13.6. The number of amides is 1. The molecule has 0 bridgehead atoms. The first-order valence-corrected chi connectivity index (χ1v) is 6.17. The van der Waals surface area contributed by atoms with Crippen LogP contribution in [0.25, 0.3) is 0 Å². The van der Waals surface area contributed by atoms with Crippen molar-refractivity contribution < 1.29 is 9.21 Å². The zero-order valence-electron chi connectivity index (χ0n) is 9.62. The number of carbonyl (C=O) groups excluding carboxylic acids is 1. The summed E-state index contributed by atoms with van der Waals surface area (Å²) in [6.45, 7) is 3.24. The van der Waals surface area contributed by atoms with E-state index in [4.69, 9.17) is 16.0 Å². The van der Waals surface area contributed by atoms with Crippen LogP contribution in [0.3, 0.4) is 0 Å². The third-order valence-electron chi connectivity index (χ3n) is 2.44. The van der Waals surface area contributed by atoms with Crippen LogP contribution in [0.5, 0.6) is 0 Å². The zero-order valence-corrected chi connectivity index (χ0v) is 10.4. The lowest BCUT2D eigenvalue weighted by Gasteiger charge is -2.19. The van der Waals surface area contributed by atoms with Crippen molar-refractivity contribution in [3.63, 3.8) is 0 Å². The van der Waals surface area contributed by atoms with Gasteiger partial charge in [-0.1, -0.05) is 0 Å². The minimum atomic E-state index is 0.170. The van der Waals surface area contributed by atoms with Crippen molar-refractivity contribution in [2.45, 2.75) is 32.7 Å². The van der Waals surface area contributed by atoms with Crippen molar-refractivity contribution in [3.05, 3.63) is 24.2 Å². The lowest BCUT2D eigenvalue weighted by molar-refractivity contribution is -0.131. The van der Waals surface area contributed by atoms with Crippen molar-refractivity contribution in [1.29, 1.82) is 0 Å². The van der Waals surface area contributed by atoms with Gasteiger partial charge in [0.05, 0.1) is 12.8 Å². The van der Waals surface area contributed by atoms with Gasteiger partial charge in [0.2, 0.25) is 5.91 Å². The molecule has 0 N–H and O–H groups in total. The number of hydrogen-bond acceptors (Lipinski definition) is 2. The average Bonchev–Trinajstić information content (AvgIpc) is 2.78. The minimum Gasteiger partial charge on any atom is -0.467 e. The summed E-state index contributed by atoms with van der Waals surface area (Å²) < 4.78 is 5.23. The van der Waals surface area contributed by atoms with E-state index in [9.17, 15) is 4.79 Å². The largest absolute Gasteiger partial charge is 0.467 e. The highest BCUT2D eigenvalue weighted by atomic mass is 35.5. The average molecular weight is 244 g/mol. The zero-order chi connectivity index (χ0) is 11.8. The van der Waals surface area contributed by atoms with Crippen LogP contribution in [0, 0.1) is 0 Å². The summed E-state index contributed by atoms with van der Waals surface area (Å²) in [7, 11) is 0. The van der Waals surface area contributed by atoms with E-state index in [0.29, 0.717) is 25.4 Å². The SMILES string of the molecule is CCN(Cc1ccco1)C(=O)CCCCCl. The highest BCUT2D eigenvalue weighted by Crippen LogP contribution is 2.08. The quantitative estimate of drug-likeness (QED) is 0.545. The normalized spacial score (nSPS) is 10.4. The van der Waals surface area contributed by atoms with E-state index >= 15 is 0 Å². The Balaban J connectivity index is 2.38. The van der Waals surface area contributed by atoms with Crippen molar-refractivity contribution in [2.24, 2.45) is 0 Å². The van der Waals surface area contributed by atoms with Gasteiger partial charge in [-0.15, -0.1) is 11.6 Å². The molecule has 1 aromatic heterocycles. The molecule has 16 heavy (non-hydrogen) atoms. The molecule has 0 aliphatic carbocycles. The number of alkyl halides is 1. The van der Waals surface area contributed by atoms with Gasteiger partial charge in [0, 0.05) is 18.8 Å². The predicted molar refractivity (Wildman–Crippen MR) is 64.4 cm³/mol. The van der Waals surface area contributed by atoms with E-state index in [1.807, 2.05) is 19.1 Å². The molecule has 1 aromatic rings. The van der Waals surface area contributed by atoms with Crippen LogP contribution >= 0.6 is 11.6 Å². The van der Waals surface area contributed by atoms with Gasteiger partial charge in [-0.3, -0.25) is 4.79 Å². The molecule has 0 saturated carbocycles. The van der Waals surface area contributed by atoms with Crippen LogP contribution in [0.15, 0.2) is 22.8 Å². The molecule has 0 radical (unpaired) electrons. The van der Waals surface area contributed by atoms with Gasteiger partial charge in [0.25, 0.3) is 0 Å². The third kappa shape index (κ3) is 4.27. The maximum absolute atomic E-state index is 11.8. The van der Waals surface area contributed by atoms with Gasteiger partial charge in [-0.05, 0) is 31.9 Å². The maximum atomic E-state index is 11.8. The van der Waals surface area contributed by atoms with Gasteiger partial charge >= 0.3 is 0 Å². The van der Waals surface area contributed by atoms with Crippen LogP contribution in [-0.4, -0.2) is 23.2 Å². The monoisotopic (exact) mass is 243 g/mol. The number of rotatable bonds is 7. The van der Waals surface area contributed by atoms with Crippen LogP contribution in [0.2, 0.25) is 0 Å². The molecular weight excluding hydrogens is 226 g/mol. The highest BCUT2D eigenvalue weighted by molar-refractivity contribution is 6.17. The number of carbonyl (C=O) groups is 1. The van der Waals surface area contributed by atoms with E-state index in [0.717, 1.165) is 18.6 Å². The molecule has 0 aliphatic rings. The van der Waals surface area contributed by atoms with E-state index in [2.05, 4.69) is 0 Å². The molecule has 0 fully saturated rings. The summed E-state index contributed by atoms with van der Waals surface area (Å²) in [5.74, 6) is 1.62. The summed E-state index contributed by atoms with van der Waals surface area (Å²) in [6, 6.07) is 3.72. The molecule has 0 atom stereocenters. The number of furan rings is 1. The molecule has 90 valence electrons. The second-order valence-electron chi connectivity index (χ2n) is 3.63. The Hall–Kier alpha value is -0.960. The van der Waals surface area contributed by atoms with Crippen LogP contribution in [0.1, 0.15) is 31.9 Å². The molecule has 0 unspecified atom stereocenters. The second-order valence-corrected chi connectivity index (χ2v) is 4.01. The fourth-order valence-corrected chi connectivity index (χ4v) is 1.68. The Labute approximate surface area is 101 Å². The molecular formula is C12H18ClNO2. The highest BCUT2D eigenvalue weighted by Gasteiger charge is 2.12. The van der Waals surface area contributed by atoms with Crippen LogP contribution < -0.4 is 0 Å². The van der Waals surface area contributed by atoms with Gasteiger partial charge in [0.1, 0.15) is 5.76 Å². The molecule has 3 nitrogen and oxygen atoms in total. The molecule has 1 rings (SSSR count). The fraction of sp³-hybridized carbons (Fsp3) is 0.583. The second kappa shape index (κ2) is 7.34. The van der Waals surface area contributed by atoms with E-state index in [1.165, 1.54) is 0 Å². The molecule has 0 aliphatic heterocycles. The first-order chi connectivity index (χ1) is 7.77. The summed E-state index contributed by atoms with van der Waals surface area (Å²) in [6.07, 6.45) is 3.95. The van der Waals surface area contributed by atoms with Crippen LogP contribution in [0.4, 0.5) is 0 Å². The summed E-state index contributed by atoms with van der Waals surface area (Å²) in [5, 5.41) is 0. The molecule has 0 saturated heterocycles. The first kappa shape index (κ1) is 13.1. The summed E-state index contributed by atoms with van der Waals surface area (Å²) in [5.41, 5.74) is 0. The first-order valence-electron chi connectivity index (χ1n) is 5.64. The minimum absolute atomic E-state index is 0.170. The topological polar surface area (TPSA) is 33.5 Å². The standard InChI is InChI=1S/C12H18ClNO2/c1-2-14(10-11-6-5-9-16-11)12(15)7-3-4-8-13/h5-6,9H,2-4,7-8,10H2,1H3. The lowest BCUT2D eigenvalue weighted by Crippen LogP contribution is -2.29. The number of unbranched alkanes of at least 4 members (excludes halogenated alkanes) is 1. The van der Waals surface area contributed by atoms with Gasteiger partial charge in [-0.25, -0.2) is 0 Å². The number of hydrogen-bond donors (Lipinski definition) is 0. The van der Waals surface area contributed by atoms with Crippen molar-refractivity contribution in [1.82, 2.24) is 4.90 Å². The Morgan fingerprint density at radius 3 is 2.88 bits per heavy atom. The smallest absolute Gasteiger partial charge is 0.222 e. The molecule has 1 heterocycles. The van der Waals surface area contributed by atoms with E-state index in [1.54, 1.807) is 11.2 Å². The van der Waals surface area contributed by atoms with Gasteiger partial charge < -0.3 is 9.32 Å². The van der Waals surface area contributed by atoms with Crippen LogP contribution in [-0.2, 0) is 11.3 Å². The number of nitrogens with zero attached hydrogens (tertiary/aromatic N) is 1. The van der Waals surface area contributed by atoms with E-state index in [-0.39, 0.29) is 5.91 Å². The Bertz CT molecular complexity index is 298. The Kier molecular flexibility index (Phi) is 6.01. The van der Waals surface area contributed by atoms with Gasteiger partial charge in [0.15, 0.2) is 0 Å². The Morgan fingerprint density at radius 1 is 1.50 bits per heavy atom. The predicted octanol–water partition coefficient (Wildman–Crippen LogP) is 3.04. The third-order valence-corrected chi connectivity index (χ3v) is 2.70. The van der Waals surface area contributed by atoms with Gasteiger partial charge in [-0.2, -0.15) is 0 Å². The number of halogens is 1. The maximum Gasteiger partial charge on any atom is 0.222 e. The Morgan fingerprint density at radius 2 is 2.31 bits per heavy atom. The van der Waals surface area contributed by atoms with Crippen molar-refractivity contribution >= 4 is 17.5 Å².